The number of carbonyl (C=O) groups excluding carboxylic acids is 1. The van der Waals surface area contributed by atoms with Crippen molar-refractivity contribution in [3.63, 3.8) is 0 Å². The molecule has 1 amide bonds. The molecule has 0 fully saturated rings. The van der Waals surface area contributed by atoms with Crippen LogP contribution in [0.1, 0.15) is 27.3 Å². The fourth-order valence-corrected chi connectivity index (χ4v) is 2.08. The molecule has 0 unspecified atom stereocenters. The molecule has 0 spiro atoms. The first kappa shape index (κ1) is 13.2. The zero-order chi connectivity index (χ0) is 13.8. The van der Waals surface area contributed by atoms with Crippen LogP contribution < -0.4 is 10.1 Å². The SMILES string of the molecule is COc1ccccc1CNC(=O)c1cc(C)[nH]c1C. The lowest BCUT2D eigenvalue weighted by molar-refractivity contribution is 0.0950. The van der Waals surface area contributed by atoms with Crippen LogP contribution in [0.3, 0.4) is 0 Å². The van der Waals surface area contributed by atoms with E-state index in [1.165, 1.54) is 0 Å². The van der Waals surface area contributed by atoms with Gasteiger partial charge < -0.3 is 15.0 Å². The summed E-state index contributed by atoms with van der Waals surface area (Å²) >= 11 is 0. The summed E-state index contributed by atoms with van der Waals surface area (Å²) < 4.78 is 5.25. The van der Waals surface area contributed by atoms with E-state index in [0.29, 0.717) is 12.1 Å². The Balaban J connectivity index is 2.06. The number of nitrogens with one attached hydrogen (secondary N) is 2. The zero-order valence-electron chi connectivity index (χ0n) is 11.4. The molecule has 1 heterocycles. The topological polar surface area (TPSA) is 54.1 Å². The Labute approximate surface area is 112 Å². The number of amides is 1. The first-order chi connectivity index (χ1) is 9.11. The van der Waals surface area contributed by atoms with Crippen molar-refractivity contribution in [2.24, 2.45) is 0 Å². The summed E-state index contributed by atoms with van der Waals surface area (Å²) in [7, 11) is 1.63. The molecule has 0 radical (unpaired) electrons. The summed E-state index contributed by atoms with van der Waals surface area (Å²) in [5, 5.41) is 2.91. The Hall–Kier alpha value is -2.23. The number of ether oxygens (including phenoxy) is 1. The van der Waals surface area contributed by atoms with Crippen molar-refractivity contribution in [1.82, 2.24) is 10.3 Å². The van der Waals surface area contributed by atoms with E-state index in [1.54, 1.807) is 7.11 Å². The molecule has 4 nitrogen and oxygen atoms in total. The van der Waals surface area contributed by atoms with Crippen LogP contribution in [-0.2, 0) is 6.54 Å². The molecule has 0 saturated carbocycles. The van der Waals surface area contributed by atoms with E-state index >= 15 is 0 Å². The maximum atomic E-state index is 12.1. The van der Waals surface area contributed by atoms with Crippen LogP contribution in [-0.4, -0.2) is 18.0 Å². The lowest BCUT2D eigenvalue weighted by Gasteiger charge is -2.09. The van der Waals surface area contributed by atoms with Crippen LogP contribution >= 0.6 is 0 Å². The highest BCUT2D eigenvalue weighted by molar-refractivity contribution is 5.95. The lowest BCUT2D eigenvalue weighted by Crippen LogP contribution is -2.23. The van der Waals surface area contributed by atoms with Gasteiger partial charge in [0.15, 0.2) is 0 Å². The fourth-order valence-electron chi connectivity index (χ4n) is 2.08. The Morgan fingerprint density at radius 3 is 2.68 bits per heavy atom. The Morgan fingerprint density at radius 1 is 1.32 bits per heavy atom. The molecule has 2 rings (SSSR count). The van der Waals surface area contributed by atoms with E-state index in [0.717, 1.165) is 22.7 Å². The van der Waals surface area contributed by atoms with Crippen LogP contribution in [0.5, 0.6) is 5.75 Å². The summed E-state index contributed by atoms with van der Waals surface area (Å²) in [6.45, 7) is 4.28. The highest BCUT2D eigenvalue weighted by atomic mass is 16.5. The average molecular weight is 258 g/mol. The summed E-state index contributed by atoms with van der Waals surface area (Å²) in [5.74, 6) is 0.706. The number of para-hydroxylation sites is 1. The van der Waals surface area contributed by atoms with Crippen molar-refractivity contribution < 1.29 is 9.53 Å². The molecule has 1 aromatic heterocycles. The van der Waals surface area contributed by atoms with Crippen LogP contribution in [0, 0.1) is 13.8 Å². The Kier molecular flexibility index (Phi) is 3.90. The Bertz CT molecular complexity index is 588. The van der Waals surface area contributed by atoms with Gasteiger partial charge in [-0.3, -0.25) is 4.79 Å². The lowest BCUT2D eigenvalue weighted by atomic mass is 10.2. The number of hydrogen-bond acceptors (Lipinski definition) is 2. The van der Waals surface area contributed by atoms with E-state index in [1.807, 2.05) is 44.2 Å². The quantitative estimate of drug-likeness (QED) is 0.885. The van der Waals surface area contributed by atoms with Gasteiger partial charge in [0.25, 0.3) is 5.91 Å². The zero-order valence-corrected chi connectivity index (χ0v) is 11.4. The molecule has 1 aromatic carbocycles. The molecule has 0 aliphatic carbocycles. The van der Waals surface area contributed by atoms with Crippen molar-refractivity contribution in [3.05, 3.63) is 52.8 Å². The normalized spacial score (nSPS) is 10.3. The highest BCUT2D eigenvalue weighted by Gasteiger charge is 2.11. The third-order valence-corrected chi connectivity index (χ3v) is 3.03. The predicted molar refractivity (Wildman–Crippen MR) is 74.4 cm³/mol. The van der Waals surface area contributed by atoms with Gasteiger partial charge in [0.05, 0.1) is 12.7 Å². The van der Waals surface area contributed by atoms with Gasteiger partial charge in [0.2, 0.25) is 0 Å². The van der Waals surface area contributed by atoms with Crippen molar-refractivity contribution in [2.45, 2.75) is 20.4 Å². The number of aromatic nitrogens is 1. The molecular weight excluding hydrogens is 240 g/mol. The molecule has 19 heavy (non-hydrogen) atoms. The van der Waals surface area contributed by atoms with Gasteiger partial charge in [-0.25, -0.2) is 0 Å². The number of carbonyl (C=O) groups is 1. The van der Waals surface area contributed by atoms with Crippen LogP contribution in [0.15, 0.2) is 30.3 Å². The van der Waals surface area contributed by atoms with Crippen LogP contribution in [0.4, 0.5) is 0 Å². The van der Waals surface area contributed by atoms with Gasteiger partial charge in [-0.15, -0.1) is 0 Å². The van der Waals surface area contributed by atoms with Crippen molar-refractivity contribution in [1.29, 1.82) is 0 Å². The van der Waals surface area contributed by atoms with Crippen molar-refractivity contribution in [2.75, 3.05) is 7.11 Å². The highest BCUT2D eigenvalue weighted by Crippen LogP contribution is 2.17. The van der Waals surface area contributed by atoms with E-state index < -0.39 is 0 Å². The largest absolute Gasteiger partial charge is 0.496 e. The Morgan fingerprint density at radius 2 is 2.05 bits per heavy atom. The predicted octanol–water partition coefficient (Wildman–Crippen LogP) is 2.57. The van der Waals surface area contributed by atoms with E-state index in [4.69, 9.17) is 4.74 Å². The minimum Gasteiger partial charge on any atom is -0.496 e. The molecule has 100 valence electrons. The molecule has 0 bridgehead atoms. The monoisotopic (exact) mass is 258 g/mol. The van der Waals surface area contributed by atoms with Crippen molar-refractivity contribution in [3.8, 4) is 5.75 Å². The average Bonchev–Trinajstić information content (AvgIpc) is 2.75. The second-order valence-electron chi connectivity index (χ2n) is 4.49. The van der Waals surface area contributed by atoms with Crippen molar-refractivity contribution >= 4 is 5.91 Å². The first-order valence-electron chi connectivity index (χ1n) is 6.18. The number of hydrogen-bond donors (Lipinski definition) is 2. The number of rotatable bonds is 4. The number of benzene rings is 1. The van der Waals surface area contributed by atoms with E-state index in [-0.39, 0.29) is 5.91 Å². The van der Waals surface area contributed by atoms with Gasteiger partial charge in [0, 0.05) is 23.5 Å². The van der Waals surface area contributed by atoms with E-state index in [2.05, 4.69) is 10.3 Å². The number of H-pyrrole nitrogens is 1. The van der Waals surface area contributed by atoms with Gasteiger partial charge in [-0.1, -0.05) is 18.2 Å². The molecule has 2 aromatic rings. The van der Waals surface area contributed by atoms with Gasteiger partial charge in [-0.05, 0) is 26.0 Å². The number of methoxy groups -OCH3 is 1. The number of aromatic amines is 1. The van der Waals surface area contributed by atoms with E-state index in [9.17, 15) is 4.79 Å². The maximum Gasteiger partial charge on any atom is 0.253 e. The summed E-state index contributed by atoms with van der Waals surface area (Å²) in [6, 6.07) is 9.51. The fraction of sp³-hybridized carbons (Fsp3) is 0.267. The second kappa shape index (κ2) is 5.61. The first-order valence-corrected chi connectivity index (χ1v) is 6.18. The molecule has 0 aliphatic heterocycles. The third kappa shape index (κ3) is 2.96. The van der Waals surface area contributed by atoms with Gasteiger partial charge >= 0.3 is 0 Å². The summed E-state index contributed by atoms with van der Waals surface area (Å²) in [4.78, 5) is 15.2. The smallest absolute Gasteiger partial charge is 0.253 e. The third-order valence-electron chi connectivity index (χ3n) is 3.03. The summed E-state index contributed by atoms with van der Waals surface area (Å²) in [6.07, 6.45) is 0. The molecule has 4 heteroatoms. The van der Waals surface area contributed by atoms with Gasteiger partial charge in [0.1, 0.15) is 5.75 Å². The number of aryl methyl sites for hydroxylation is 2. The minimum absolute atomic E-state index is 0.0762. The molecule has 0 aliphatic rings. The van der Waals surface area contributed by atoms with Crippen LogP contribution in [0.2, 0.25) is 0 Å². The molecule has 0 saturated heterocycles. The van der Waals surface area contributed by atoms with Gasteiger partial charge in [-0.2, -0.15) is 0 Å². The van der Waals surface area contributed by atoms with Crippen LogP contribution in [0.25, 0.3) is 0 Å². The standard InChI is InChI=1S/C15H18N2O2/c1-10-8-13(11(2)17-10)15(18)16-9-12-6-4-5-7-14(12)19-3/h4-8,17H,9H2,1-3H3,(H,16,18). The molecule has 2 N–H and O–H groups in total. The minimum atomic E-state index is -0.0762. The molecular formula is C15H18N2O2. The maximum absolute atomic E-state index is 12.1. The summed E-state index contributed by atoms with van der Waals surface area (Å²) in [5.41, 5.74) is 3.52. The second-order valence-corrected chi connectivity index (χ2v) is 4.49. The molecule has 0 atom stereocenters.